The van der Waals surface area contributed by atoms with E-state index in [1.807, 2.05) is 13.8 Å². The Kier molecular flexibility index (Phi) is 4.08. The molecule has 1 aromatic rings. The molecule has 0 bridgehead atoms. The van der Waals surface area contributed by atoms with E-state index >= 15 is 0 Å². The lowest BCUT2D eigenvalue weighted by atomic mass is 10.1. The Morgan fingerprint density at radius 1 is 1.32 bits per heavy atom. The SMILES string of the molecule is CCNc1nc(C2CCS(=O)(=O)C2)nc(CC)c1C. The number of nitrogens with one attached hydrogen (secondary N) is 1. The van der Waals surface area contributed by atoms with E-state index in [-0.39, 0.29) is 17.4 Å². The van der Waals surface area contributed by atoms with Crippen LogP contribution in [0.2, 0.25) is 0 Å². The van der Waals surface area contributed by atoms with Crippen LogP contribution in [0, 0.1) is 6.92 Å². The number of hydrogen-bond acceptors (Lipinski definition) is 5. The third-order valence-electron chi connectivity index (χ3n) is 3.54. The third kappa shape index (κ3) is 3.05. The Morgan fingerprint density at radius 2 is 2.05 bits per heavy atom. The van der Waals surface area contributed by atoms with Gasteiger partial charge in [-0.25, -0.2) is 18.4 Å². The summed E-state index contributed by atoms with van der Waals surface area (Å²) < 4.78 is 23.2. The van der Waals surface area contributed by atoms with Crippen LogP contribution in [0.25, 0.3) is 0 Å². The van der Waals surface area contributed by atoms with Gasteiger partial charge >= 0.3 is 0 Å². The molecule has 1 aliphatic rings. The molecule has 0 amide bonds. The Balaban J connectivity index is 2.38. The van der Waals surface area contributed by atoms with Gasteiger partial charge in [-0.2, -0.15) is 0 Å². The monoisotopic (exact) mass is 283 g/mol. The van der Waals surface area contributed by atoms with E-state index in [4.69, 9.17) is 0 Å². The highest BCUT2D eigenvalue weighted by Crippen LogP contribution is 2.28. The zero-order valence-corrected chi connectivity index (χ0v) is 12.5. The van der Waals surface area contributed by atoms with Gasteiger partial charge in [0.2, 0.25) is 0 Å². The van der Waals surface area contributed by atoms with Crippen LogP contribution in [0.4, 0.5) is 5.82 Å². The molecule has 0 aromatic carbocycles. The van der Waals surface area contributed by atoms with E-state index in [9.17, 15) is 8.42 Å². The Bertz CT molecular complexity index is 569. The molecule has 1 aromatic heterocycles. The van der Waals surface area contributed by atoms with Gasteiger partial charge in [0.05, 0.1) is 11.5 Å². The van der Waals surface area contributed by atoms with E-state index < -0.39 is 9.84 Å². The van der Waals surface area contributed by atoms with Crippen LogP contribution in [-0.2, 0) is 16.3 Å². The van der Waals surface area contributed by atoms with Gasteiger partial charge in [0, 0.05) is 23.7 Å². The zero-order chi connectivity index (χ0) is 14.0. The first kappa shape index (κ1) is 14.2. The van der Waals surface area contributed by atoms with Crippen molar-refractivity contribution in [2.45, 2.75) is 39.5 Å². The highest BCUT2D eigenvalue weighted by atomic mass is 32.2. The summed E-state index contributed by atoms with van der Waals surface area (Å²) in [6.45, 7) is 6.88. The molecule has 1 aliphatic heterocycles. The summed E-state index contributed by atoms with van der Waals surface area (Å²) in [7, 11) is -2.90. The van der Waals surface area contributed by atoms with E-state index in [0.29, 0.717) is 12.2 Å². The number of anilines is 1. The Morgan fingerprint density at radius 3 is 2.58 bits per heavy atom. The van der Waals surface area contributed by atoms with Crippen molar-refractivity contribution in [2.24, 2.45) is 0 Å². The summed E-state index contributed by atoms with van der Waals surface area (Å²) >= 11 is 0. The zero-order valence-electron chi connectivity index (χ0n) is 11.7. The molecule has 0 saturated carbocycles. The van der Waals surface area contributed by atoms with Gasteiger partial charge in [0.15, 0.2) is 9.84 Å². The molecule has 1 saturated heterocycles. The average molecular weight is 283 g/mol. The summed E-state index contributed by atoms with van der Waals surface area (Å²) in [5.74, 6) is 1.92. The molecule has 1 fully saturated rings. The smallest absolute Gasteiger partial charge is 0.151 e. The van der Waals surface area contributed by atoms with E-state index in [1.165, 1.54) is 0 Å². The first-order chi connectivity index (χ1) is 8.96. The van der Waals surface area contributed by atoms with E-state index in [2.05, 4.69) is 22.2 Å². The summed E-state index contributed by atoms with van der Waals surface area (Å²) in [4.78, 5) is 9.10. The largest absolute Gasteiger partial charge is 0.370 e. The lowest BCUT2D eigenvalue weighted by Crippen LogP contribution is -2.13. The predicted octanol–water partition coefficient (Wildman–Crippen LogP) is 1.68. The number of sulfone groups is 1. The Hall–Kier alpha value is -1.17. The molecule has 0 spiro atoms. The maximum atomic E-state index is 11.6. The molecule has 1 N–H and O–H groups in total. The maximum absolute atomic E-state index is 11.6. The molecule has 106 valence electrons. The van der Waals surface area contributed by atoms with Crippen molar-refractivity contribution >= 4 is 15.7 Å². The normalized spacial score (nSPS) is 21.5. The summed E-state index contributed by atoms with van der Waals surface area (Å²) in [5, 5.41) is 3.23. The van der Waals surface area contributed by atoms with Crippen LogP contribution in [0.3, 0.4) is 0 Å². The molecule has 6 heteroatoms. The van der Waals surface area contributed by atoms with Crippen LogP contribution in [-0.4, -0.2) is 36.4 Å². The predicted molar refractivity (Wildman–Crippen MR) is 76.3 cm³/mol. The number of aromatic nitrogens is 2. The Labute approximate surface area is 114 Å². The van der Waals surface area contributed by atoms with Crippen molar-refractivity contribution in [3.8, 4) is 0 Å². The second-order valence-corrected chi connectivity index (χ2v) is 7.21. The quantitative estimate of drug-likeness (QED) is 0.910. The molecule has 1 atom stereocenters. The highest BCUT2D eigenvalue weighted by Gasteiger charge is 2.31. The van der Waals surface area contributed by atoms with Crippen LogP contribution in [0.15, 0.2) is 0 Å². The topological polar surface area (TPSA) is 72.0 Å². The van der Waals surface area contributed by atoms with Crippen LogP contribution in [0.1, 0.15) is 43.3 Å². The van der Waals surface area contributed by atoms with Gasteiger partial charge in [0.25, 0.3) is 0 Å². The molecule has 2 heterocycles. The molecule has 5 nitrogen and oxygen atoms in total. The number of hydrogen-bond donors (Lipinski definition) is 1. The van der Waals surface area contributed by atoms with Gasteiger partial charge in [-0.05, 0) is 26.7 Å². The van der Waals surface area contributed by atoms with Gasteiger partial charge in [-0.15, -0.1) is 0 Å². The fourth-order valence-corrected chi connectivity index (χ4v) is 4.19. The molecular formula is C13H21N3O2S. The molecular weight excluding hydrogens is 262 g/mol. The number of nitrogens with zero attached hydrogens (tertiary/aromatic N) is 2. The standard InChI is InChI=1S/C13H21N3O2S/c1-4-11-9(3)12(14-5-2)16-13(15-11)10-6-7-19(17,18)8-10/h10H,4-8H2,1-3H3,(H,14,15,16). The van der Waals surface area contributed by atoms with Crippen LogP contribution >= 0.6 is 0 Å². The van der Waals surface area contributed by atoms with Crippen molar-refractivity contribution in [3.05, 3.63) is 17.1 Å². The van der Waals surface area contributed by atoms with Gasteiger partial charge < -0.3 is 5.32 Å². The van der Waals surface area contributed by atoms with Crippen molar-refractivity contribution < 1.29 is 8.42 Å². The minimum Gasteiger partial charge on any atom is -0.370 e. The maximum Gasteiger partial charge on any atom is 0.151 e. The van der Waals surface area contributed by atoms with Gasteiger partial charge in [-0.3, -0.25) is 0 Å². The van der Waals surface area contributed by atoms with Crippen molar-refractivity contribution in [1.29, 1.82) is 0 Å². The van der Waals surface area contributed by atoms with Crippen molar-refractivity contribution in [3.63, 3.8) is 0 Å². The lowest BCUT2D eigenvalue weighted by Gasteiger charge is -2.14. The third-order valence-corrected chi connectivity index (χ3v) is 5.31. The van der Waals surface area contributed by atoms with Gasteiger partial charge in [0.1, 0.15) is 11.6 Å². The molecule has 1 unspecified atom stereocenters. The second kappa shape index (κ2) is 5.45. The summed E-state index contributed by atoms with van der Waals surface area (Å²) in [6.07, 6.45) is 1.47. The average Bonchev–Trinajstić information content (AvgIpc) is 2.72. The molecule has 2 rings (SSSR count). The minimum atomic E-state index is -2.90. The fraction of sp³-hybridized carbons (Fsp3) is 0.692. The van der Waals surface area contributed by atoms with E-state index in [0.717, 1.165) is 30.0 Å². The first-order valence-corrected chi connectivity index (χ1v) is 8.60. The fourth-order valence-electron chi connectivity index (χ4n) is 2.45. The molecule has 19 heavy (non-hydrogen) atoms. The van der Waals surface area contributed by atoms with Crippen molar-refractivity contribution in [1.82, 2.24) is 9.97 Å². The lowest BCUT2D eigenvalue weighted by molar-refractivity contribution is 0.601. The second-order valence-electron chi connectivity index (χ2n) is 4.99. The first-order valence-electron chi connectivity index (χ1n) is 6.78. The number of rotatable bonds is 4. The molecule has 0 radical (unpaired) electrons. The van der Waals surface area contributed by atoms with E-state index in [1.54, 1.807) is 0 Å². The number of aryl methyl sites for hydroxylation is 1. The minimum absolute atomic E-state index is 0.0479. The van der Waals surface area contributed by atoms with Crippen molar-refractivity contribution in [2.75, 3.05) is 23.4 Å². The van der Waals surface area contributed by atoms with Gasteiger partial charge in [-0.1, -0.05) is 6.92 Å². The van der Waals surface area contributed by atoms with Crippen LogP contribution in [0.5, 0.6) is 0 Å². The highest BCUT2D eigenvalue weighted by molar-refractivity contribution is 7.91. The van der Waals surface area contributed by atoms with Crippen LogP contribution < -0.4 is 5.32 Å². The summed E-state index contributed by atoms with van der Waals surface area (Å²) in [6, 6.07) is 0. The summed E-state index contributed by atoms with van der Waals surface area (Å²) in [5.41, 5.74) is 2.07. The molecule has 0 aliphatic carbocycles.